The van der Waals surface area contributed by atoms with E-state index in [-0.39, 0.29) is 19.0 Å². The van der Waals surface area contributed by atoms with Gasteiger partial charge in [0.2, 0.25) is 5.91 Å². The zero-order chi connectivity index (χ0) is 24.0. The Morgan fingerprint density at radius 2 is 2.03 bits per heavy atom. The smallest absolute Gasteiger partial charge is 0.255 e. The molecule has 9 heteroatoms. The van der Waals surface area contributed by atoms with E-state index in [4.69, 9.17) is 4.74 Å². The highest BCUT2D eigenvalue weighted by atomic mass is 19.1. The number of ether oxygens (including phenoxy) is 1. The predicted molar refractivity (Wildman–Crippen MR) is 125 cm³/mol. The summed E-state index contributed by atoms with van der Waals surface area (Å²) in [5, 5.41) is 2.76. The molecule has 2 aliphatic rings. The van der Waals surface area contributed by atoms with Crippen LogP contribution in [0.5, 0.6) is 5.75 Å². The van der Waals surface area contributed by atoms with Crippen molar-refractivity contribution in [2.75, 3.05) is 19.7 Å². The molecule has 1 aromatic carbocycles. The summed E-state index contributed by atoms with van der Waals surface area (Å²) in [4.78, 5) is 38.4. The number of alkyl halides is 1. The van der Waals surface area contributed by atoms with E-state index in [1.807, 2.05) is 25.1 Å². The summed E-state index contributed by atoms with van der Waals surface area (Å²) in [7, 11) is 0. The number of fused-ring (bicyclic) bond motifs is 1. The highest BCUT2D eigenvalue weighted by molar-refractivity contribution is 6.09. The zero-order valence-electron chi connectivity index (χ0n) is 19.5. The first kappa shape index (κ1) is 22.3. The molecular formula is C25H28FN5O3. The molecule has 8 nitrogen and oxygen atoms in total. The summed E-state index contributed by atoms with van der Waals surface area (Å²) in [6, 6.07) is 5.21. The van der Waals surface area contributed by atoms with Gasteiger partial charge in [-0.1, -0.05) is 11.6 Å². The Balaban J connectivity index is 1.48. The molecule has 34 heavy (non-hydrogen) atoms. The predicted octanol–water partition coefficient (Wildman–Crippen LogP) is 3.33. The molecule has 1 saturated carbocycles. The van der Waals surface area contributed by atoms with Gasteiger partial charge in [-0.3, -0.25) is 9.59 Å². The Labute approximate surface area is 196 Å². The number of halogens is 1. The van der Waals surface area contributed by atoms with E-state index in [0.29, 0.717) is 40.5 Å². The molecule has 2 fully saturated rings. The number of nitrogens with one attached hydrogen (secondary N) is 2. The summed E-state index contributed by atoms with van der Waals surface area (Å²) < 4.78 is 20.6. The lowest BCUT2D eigenvalue weighted by atomic mass is 10.1. The van der Waals surface area contributed by atoms with Gasteiger partial charge in [0.15, 0.2) is 0 Å². The summed E-state index contributed by atoms with van der Waals surface area (Å²) in [6.07, 6.45) is 2.50. The van der Waals surface area contributed by atoms with Crippen LogP contribution in [0.3, 0.4) is 0 Å². The summed E-state index contributed by atoms with van der Waals surface area (Å²) in [5.74, 6) is 0.710. The number of hydrogen-bond acceptors (Lipinski definition) is 5. The maximum atomic E-state index is 14.5. The number of nitrogens with zero attached hydrogens (tertiary/aromatic N) is 3. The van der Waals surface area contributed by atoms with E-state index in [9.17, 15) is 14.0 Å². The Bertz CT molecular complexity index is 1270. The van der Waals surface area contributed by atoms with Crippen molar-refractivity contribution in [3.05, 3.63) is 41.3 Å². The molecule has 178 valence electrons. The van der Waals surface area contributed by atoms with Crippen LogP contribution in [0.15, 0.2) is 24.5 Å². The number of H-pyrrole nitrogens is 1. The van der Waals surface area contributed by atoms with Crippen LogP contribution in [0, 0.1) is 19.8 Å². The van der Waals surface area contributed by atoms with E-state index < -0.39 is 18.1 Å². The van der Waals surface area contributed by atoms with Crippen LogP contribution in [-0.4, -0.2) is 63.6 Å². The monoisotopic (exact) mass is 465 g/mol. The molecule has 0 radical (unpaired) electrons. The molecule has 0 unspecified atom stereocenters. The minimum absolute atomic E-state index is 0.0174. The maximum absolute atomic E-state index is 14.5. The molecule has 1 aliphatic heterocycles. The molecule has 2 aromatic heterocycles. The van der Waals surface area contributed by atoms with Crippen LogP contribution in [0.2, 0.25) is 0 Å². The van der Waals surface area contributed by atoms with Gasteiger partial charge in [0.05, 0.1) is 30.3 Å². The fourth-order valence-electron chi connectivity index (χ4n) is 4.45. The zero-order valence-corrected chi connectivity index (χ0v) is 19.5. The first-order valence-corrected chi connectivity index (χ1v) is 11.6. The summed E-state index contributed by atoms with van der Waals surface area (Å²) in [6.45, 7) is 5.98. The van der Waals surface area contributed by atoms with E-state index in [1.54, 1.807) is 6.92 Å². The van der Waals surface area contributed by atoms with Gasteiger partial charge >= 0.3 is 0 Å². The lowest BCUT2D eigenvalue weighted by Gasteiger charge is -2.15. The number of aromatic amines is 1. The van der Waals surface area contributed by atoms with Gasteiger partial charge in [-0.15, -0.1) is 0 Å². The lowest BCUT2D eigenvalue weighted by molar-refractivity contribution is -0.128. The number of hydrogen-bond donors (Lipinski definition) is 2. The van der Waals surface area contributed by atoms with Gasteiger partial charge in [-0.25, -0.2) is 14.4 Å². The van der Waals surface area contributed by atoms with Gasteiger partial charge in [-0.2, -0.15) is 0 Å². The van der Waals surface area contributed by atoms with Crippen LogP contribution in [0.1, 0.15) is 41.4 Å². The first-order valence-electron chi connectivity index (χ1n) is 11.6. The Morgan fingerprint density at radius 3 is 2.74 bits per heavy atom. The molecule has 0 spiro atoms. The molecule has 2 atom stereocenters. The van der Waals surface area contributed by atoms with E-state index in [1.165, 1.54) is 31.0 Å². The molecule has 1 saturated heterocycles. The van der Waals surface area contributed by atoms with Gasteiger partial charge in [0, 0.05) is 24.7 Å². The maximum Gasteiger partial charge on any atom is 0.255 e. The fraction of sp³-hybridized carbons (Fsp3) is 0.440. The molecule has 3 aromatic rings. The Hall–Kier alpha value is -3.49. The molecular weight excluding hydrogens is 437 g/mol. The highest BCUT2D eigenvalue weighted by Gasteiger charge is 2.36. The Kier molecular flexibility index (Phi) is 5.71. The normalized spacial score (nSPS) is 20.1. The average molecular weight is 466 g/mol. The second kappa shape index (κ2) is 8.70. The third-order valence-electron chi connectivity index (χ3n) is 6.57. The largest absolute Gasteiger partial charge is 0.493 e. The minimum atomic E-state index is -1.32. The van der Waals surface area contributed by atoms with Gasteiger partial charge < -0.3 is 19.9 Å². The van der Waals surface area contributed by atoms with Crippen molar-refractivity contribution >= 4 is 22.8 Å². The average Bonchev–Trinajstić information content (AvgIpc) is 3.46. The van der Waals surface area contributed by atoms with Crippen molar-refractivity contribution in [2.24, 2.45) is 5.92 Å². The van der Waals surface area contributed by atoms with Crippen LogP contribution in [0.4, 0.5) is 4.39 Å². The molecule has 0 bridgehead atoms. The van der Waals surface area contributed by atoms with Crippen molar-refractivity contribution < 1.29 is 18.7 Å². The number of aryl methyl sites for hydroxylation is 2. The quantitative estimate of drug-likeness (QED) is 0.582. The third kappa shape index (κ3) is 4.22. The van der Waals surface area contributed by atoms with E-state index >= 15 is 0 Å². The van der Waals surface area contributed by atoms with Crippen LogP contribution >= 0.6 is 0 Å². The van der Waals surface area contributed by atoms with E-state index in [0.717, 1.165) is 16.9 Å². The van der Waals surface area contributed by atoms with Crippen LogP contribution in [0.25, 0.3) is 22.3 Å². The molecule has 1 aliphatic carbocycles. The lowest BCUT2D eigenvalue weighted by Crippen LogP contribution is -2.41. The Morgan fingerprint density at radius 1 is 1.24 bits per heavy atom. The standard InChI is InChI=1S/C25H28FN5O3/c1-13-4-7-20(34-11-16-5-6-16)17(8-13)22-24-23(28-12-27-22)21(14(2)29-24)25(33)30-19-10-31(15(3)32)9-18(19)26/h4,7-8,12,16,18-19,29H,5-6,9-11H2,1-3H3,(H,30,33)/t18-,19-/m1/s1. The van der Waals surface area contributed by atoms with Crippen molar-refractivity contribution in [1.29, 1.82) is 0 Å². The second-order valence-corrected chi connectivity index (χ2v) is 9.34. The first-order chi connectivity index (χ1) is 16.3. The number of likely N-dealkylation sites (tertiary alicyclic amines) is 1. The number of amides is 2. The van der Waals surface area contributed by atoms with Gasteiger partial charge in [-0.05, 0) is 44.7 Å². The number of benzene rings is 1. The van der Waals surface area contributed by atoms with Gasteiger partial charge in [0.1, 0.15) is 29.5 Å². The van der Waals surface area contributed by atoms with Crippen molar-refractivity contribution in [1.82, 2.24) is 25.2 Å². The minimum Gasteiger partial charge on any atom is -0.493 e. The SMILES string of the molecule is CC(=O)N1C[C@@H](F)[C@H](NC(=O)c2c(C)[nH]c3c(-c4cc(C)ccc4OCC4CC4)ncnc23)C1. The highest BCUT2D eigenvalue weighted by Crippen LogP contribution is 2.37. The molecule has 5 rings (SSSR count). The van der Waals surface area contributed by atoms with Crippen LogP contribution in [-0.2, 0) is 4.79 Å². The molecule has 2 N–H and O–H groups in total. The van der Waals surface area contributed by atoms with Crippen molar-refractivity contribution in [3.63, 3.8) is 0 Å². The van der Waals surface area contributed by atoms with Crippen molar-refractivity contribution in [3.8, 4) is 17.0 Å². The number of aromatic nitrogens is 3. The third-order valence-corrected chi connectivity index (χ3v) is 6.57. The van der Waals surface area contributed by atoms with E-state index in [2.05, 4.69) is 20.3 Å². The number of rotatable bonds is 6. The summed E-state index contributed by atoms with van der Waals surface area (Å²) >= 11 is 0. The summed E-state index contributed by atoms with van der Waals surface area (Å²) in [5.41, 5.74) is 4.59. The molecule has 3 heterocycles. The topological polar surface area (TPSA) is 100 Å². The van der Waals surface area contributed by atoms with Gasteiger partial charge in [0.25, 0.3) is 5.91 Å². The van der Waals surface area contributed by atoms with Crippen LogP contribution < -0.4 is 10.1 Å². The molecule has 2 amide bonds. The van der Waals surface area contributed by atoms with Crippen molar-refractivity contribution in [2.45, 2.75) is 45.8 Å². The fourth-order valence-corrected chi connectivity index (χ4v) is 4.45. The number of carbonyl (C=O) groups excluding carboxylic acids is 2. The number of carbonyl (C=O) groups is 2. The second-order valence-electron chi connectivity index (χ2n) is 9.34.